The summed E-state index contributed by atoms with van der Waals surface area (Å²) in [5.41, 5.74) is -1.51. The predicted molar refractivity (Wildman–Crippen MR) is 119 cm³/mol. The summed E-state index contributed by atoms with van der Waals surface area (Å²) < 4.78 is 55.0. The molecule has 1 heterocycles. The number of carbonyl (C=O) groups is 1. The fraction of sp³-hybridized carbons (Fsp3) is 0.542. The Hall–Kier alpha value is -1.97. The van der Waals surface area contributed by atoms with Crippen LogP contribution in [0.3, 0.4) is 0 Å². The Bertz CT molecular complexity index is 967. The van der Waals surface area contributed by atoms with Gasteiger partial charge in [0.1, 0.15) is 5.60 Å². The van der Waals surface area contributed by atoms with Crippen molar-refractivity contribution in [2.45, 2.75) is 42.2 Å². The molecule has 0 N–H and O–H groups in total. The van der Waals surface area contributed by atoms with E-state index in [1.54, 1.807) is 26.4 Å². The molecule has 33 heavy (non-hydrogen) atoms. The predicted octanol–water partition coefficient (Wildman–Crippen LogP) is 4.73. The van der Waals surface area contributed by atoms with E-state index < -0.39 is 11.1 Å². The first-order valence-electron chi connectivity index (χ1n) is 10.9. The van der Waals surface area contributed by atoms with Crippen LogP contribution in [0.4, 0.5) is 13.2 Å². The topological polar surface area (TPSA) is 48.0 Å². The SMILES string of the molecule is COC1=C(N2CCOCC2)C2=C(CC1(C)OC)C(=O)C(Cc1ccc(SC(F)(F)F)cc1)C2. The highest BCUT2D eigenvalue weighted by Crippen LogP contribution is 2.48. The Labute approximate surface area is 195 Å². The summed E-state index contributed by atoms with van der Waals surface area (Å²) in [7, 11) is 3.26. The molecule has 2 atom stereocenters. The number of thioether (sulfide) groups is 1. The number of alkyl halides is 3. The number of nitrogens with zero attached hydrogens (tertiary/aromatic N) is 1. The minimum Gasteiger partial charge on any atom is -0.496 e. The Morgan fingerprint density at radius 2 is 1.82 bits per heavy atom. The first kappa shape index (κ1) is 24.2. The van der Waals surface area contributed by atoms with Crippen molar-refractivity contribution in [3.05, 3.63) is 52.4 Å². The second kappa shape index (κ2) is 9.35. The van der Waals surface area contributed by atoms with Gasteiger partial charge in [-0.3, -0.25) is 4.79 Å². The summed E-state index contributed by atoms with van der Waals surface area (Å²) in [6, 6.07) is 6.28. The number of allylic oxidation sites excluding steroid dienone is 1. The molecule has 0 saturated carbocycles. The number of carbonyl (C=O) groups excluding carboxylic acids is 1. The third-order valence-corrected chi connectivity index (χ3v) is 7.34. The van der Waals surface area contributed by atoms with Gasteiger partial charge in [0, 0.05) is 43.0 Å². The van der Waals surface area contributed by atoms with Gasteiger partial charge in [-0.1, -0.05) is 12.1 Å². The number of Topliss-reactive ketones (excluding diaryl/α,β-unsaturated/α-hetero) is 1. The van der Waals surface area contributed by atoms with Crippen LogP contribution in [-0.2, 0) is 25.4 Å². The fourth-order valence-corrected chi connectivity index (χ4v) is 5.51. The lowest BCUT2D eigenvalue weighted by Gasteiger charge is -2.41. The van der Waals surface area contributed by atoms with E-state index in [0.717, 1.165) is 28.2 Å². The zero-order valence-corrected chi connectivity index (χ0v) is 19.8. The monoisotopic (exact) mass is 483 g/mol. The van der Waals surface area contributed by atoms with Crippen molar-refractivity contribution < 1.29 is 32.2 Å². The average Bonchev–Trinajstić information content (AvgIpc) is 3.08. The molecule has 1 aliphatic heterocycles. The molecular formula is C24H28F3NO4S. The van der Waals surface area contributed by atoms with E-state index in [1.807, 2.05) is 6.92 Å². The third kappa shape index (κ3) is 4.95. The van der Waals surface area contributed by atoms with Crippen LogP contribution in [0.2, 0.25) is 0 Å². The molecule has 180 valence electrons. The minimum atomic E-state index is -4.32. The normalized spacial score (nSPS) is 26.2. The van der Waals surface area contributed by atoms with E-state index in [0.29, 0.717) is 45.6 Å². The summed E-state index contributed by atoms with van der Waals surface area (Å²) in [6.45, 7) is 4.55. The Morgan fingerprint density at radius 3 is 2.39 bits per heavy atom. The molecule has 4 rings (SSSR count). The van der Waals surface area contributed by atoms with Gasteiger partial charge < -0.3 is 19.1 Å². The first-order chi connectivity index (χ1) is 15.6. The quantitative estimate of drug-likeness (QED) is 0.546. The lowest BCUT2D eigenvalue weighted by Crippen LogP contribution is -2.43. The van der Waals surface area contributed by atoms with E-state index in [4.69, 9.17) is 14.2 Å². The van der Waals surface area contributed by atoms with E-state index in [2.05, 4.69) is 4.90 Å². The summed E-state index contributed by atoms with van der Waals surface area (Å²) in [4.78, 5) is 15.8. The second-order valence-corrected chi connectivity index (χ2v) is 9.85. The fourth-order valence-electron chi connectivity index (χ4n) is 4.97. The zero-order chi connectivity index (χ0) is 23.8. The van der Waals surface area contributed by atoms with Crippen molar-refractivity contribution in [2.24, 2.45) is 5.92 Å². The van der Waals surface area contributed by atoms with Crippen molar-refractivity contribution >= 4 is 17.5 Å². The summed E-state index contributed by atoms with van der Waals surface area (Å²) in [5, 5.41) is 0. The number of methoxy groups -OCH3 is 2. The van der Waals surface area contributed by atoms with Gasteiger partial charge in [-0.2, -0.15) is 13.2 Å². The highest BCUT2D eigenvalue weighted by Gasteiger charge is 2.48. The summed E-state index contributed by atoms with van der Waals surface area (Å²) in [6.07, 6.45) is 1.49. The van der Waals surface area contributed by atoms with Gasteiger partial charge in [0.15, 0.2) is 11.5 Å². The molecule has 9 heteroatoms. The molecule has 3 aliphatic rings. The molecule has 0 amide bonds. The van der Waals surface area contributed by atoms with E-state index in [9.17, 15) is 18.0 Å². The van der Waals surface area contributed by atoms with Gasteiger partial charge in [0.25, 0.3) is 0 Å². The van der Waals surface area contributed by atoms with Crippen LogP contribution in [0.15, 0.2) is 51.8 Å². The van der Waals surface area contributed by atoms with Crippen LogP contribution in [0, 0.1) is 5.92 Å². The summed E-state index contributed by atoms with van der Waals surface area (Å²) >= 11 is -0.135. The third-order valence-electron chi connectivity index (χ3n) is 6.60. The number of rotatable bonds is 6. The first-order valence-corrected chi connectivity index (χ1v) is 11.7. The standard InChI is InChI=1S/C24H28F3NO4S/c1-23(31-3)14-19-18(20(22(23)30-2)28-8-10-32-11-9-28)13-16(21(19)29)12-15-4-6-17(7-5-15)33-24(25,26)27/h4-7,16H,8-14H2,1-3H3. The van der Waals surface area contributed by atoms with Gasteiger partial charge >= 0.3 is 5.51 Å². The highest BCUT2D eigenvalue weighted by molar-refractivity contribution is 8.00. The zero-order valence-electron chi connectivity index (χ0n) is 19.0. The molecule has 1 fully saturated rings. The molecule has 0 spiro atoms. The number of ether oxygens (including phenoxy) is 3. The lowest BCUT2D eigenvalue weighted by molar-refractivity contribution is -0.119. The van der Waals surface area contributed by atoms with Crippen LogP contribution in [0.1, 0.15) is 25.3 Å². The van der Waals surface area contributed by atoms with Crippen LogP contribution in [-0.4, -0.2) is 62.3 Å². The number of morpholine rings is 1. The molecule has 1 aromatic rings. The molecule has 2 aliphatic carbocycles. The van der Waals surface area contributed by atoms with Crippen molar-refractivity contribution in [1.82, 2.24) is 4.90 Å². The van der Waals surface area contributed by atoms with Crippen LogP contribution < -0.4 is 0 Å². The molecule has 0 bridgehead atoms. The largest absolute Gasteiger partial charge is 0.496 e. The Morgan fingerprint density at radius 1 is 1.15 bits per heavy atom. The number of hydrogen-bond acceptors (Lipinski definition) is 6. The Balaban J connectivity index is 1.59. The van der Waals surface area contributed by atoms with Crippen molar-refractivity contribution in [3.8, 4) is 0 Å². The van der Waals surface area contributed by atoms with Gasteiger partial charge in [-0.15, -0.1) is 0 Å². The number of hydrogen-bond donors (Lipinski definition) is 0. The number of ketones is 1. The van der Waals surface area contributed by atoms with E-state index in [-0.39, 0.29) is 28.4 Å². The molecule has 0 aromatic heterocycles. The number of halogens is 3. The smallest absolute Gasteiger partial charge is 0.446 e. The van der Waals surface area contributed by atoms with Gasteiger partial charge in [-0.05, 0) is 54.8 Å². The average molecular weight is 484 g/mol. The van der Waals surface area contributed by atoms with E-state index >= 15 is 0 Å². The van der Waals surface area contributed by atoms with Gasteiger partial charge in [0.2, 0.25) is 0 Å². The van der Waals surface area contributed by atoms with Crippen molar-refractivity contribution in [2.75, 3.05) is 40.5 Å². The number of benzene rings is 1. The lowest BCUT2D eigenvalue weighted by atomic mass is 9.83. The summed E-state index contributed by atoms with van der Waals surface area (Å²) in [5.74, 6) is 0.556. The maximum Gasteiger partial charge on any atom is 0.446 e. The maximum atomic E-state index is 13.5. The van der Waals surface area contributed by atoms with Crippen molar-refractivity contribution in [1.29, 1.82) is 0 Å². The molecule has 1 saturated heterocycles. The molecular weight excluding hydrogens is 455 g/mol. The molecule has 0 radical (unpaired) electrons. The van der Waals surface area contributed by atoms with E-state index in [1.165, 1.54) is 12.1 Å². The van der Waals surface area contributed by atoms with Gasteiger partial charge in [0.05, 0.1) is 26.0 Å². The van der Waals surface area contributed by atoms with Crippen LogP contribution in [0.25, 0.3) is 0 Å². The van der Waals surface area contributed by atoms with Crippen LogP contribution >= 0.6 is 11.8 Å². The van der Waals surface area contributed by atoms with Gasteiger partial charge in [-0.25, -0.2) is 0 Å². The molecule has 5 nitrogen and oxygen atoms in total. The maximum absolute atomic E-state index is 13.5. The minimum absolute atomic E-state index is 0.0860. The van der Waals surface area contributed by atoms with Crippen LogP contribution in [0.5, 0.6) is 0 Å². The Kier molecular flexibility index (Phi) is 6.85. The molecule has 1 aromatic carbocycles. The highest BCUT2D eigenvalue weighted by atomic mass is 32.2. The van der Waals surface area contributed by atoms with Crippen molar-refractivity contribution in [3.63, 3.8) is 0 Å². The second-order valence-electron chi connectivity index (χ2n) is 8.71. The molecule has 2 unspecified atom stereocenters.